The zero-order chi connectivity index (χ0) is 14.6. The van der Waals surface area contributed by atoms with Crippen molar-refractivity contribution in [1.29, 1.82) is 0 Å². The van der Waals surface area contributed by atoms with Crippen molar-refractivity contribution < 1.29 is 9.90 Å². The molecule has 0 radical (unpaired) electrons. The topological polar surface area (TPSA) is 75.4 Å². The highest BCUT2D eigenvalue weighted by atomic mass is 32.2. The second kappa shape index (κ2) is 10.7. The van der Waals surface area contributed by atoms with Crippen molar-refractivity contribution in [1.82, 2.24) is 5.32 Å². The molecule has 0 spiro atoms. The Bertz CT molecular complexity index is 373. The number of aliphatic hydroxyl groups is 1. The van der Waals surface area contributed by atoms with Gasteiger partial charge in [0.15, 0.2) is 0 Å². The van der Waals surface area contributed by atoms with Crippen molar-refractivity contribution >= 4 is 17.7 Å². The van der Waals surface area contributed by atoms with Crippen LogP contribution in [0.15, 0.2) is 30.3 Å². The van der Waals surface area contributed by atoms with Crippen molar-refractivity contribution in [2.45, 2.75) is 25.3 Å². The van der Waals surface area contributed by atoms with Crippen LogP contribution in [0, 0.1) is 0 Å². The summed E-state index contributed by atoms with van der Waals surface area (Å²) >= 11 is 1.74. The third-order valence-corrected chi connectivity index (χ3v) is 4.00. The van der Waals surface area contributed by atoms with E-state index in [0.717, 1.165) is 23.5 Å². The van der Waals surface area contributed by atoms with E-state index in [0.29, 0.717) is 19.4 Å². The van der Waals surface area contributed by atoms with Gasteiger partial charge >= 0.3 is 0 Å². The van der Waals surface area contributed by atoms with Gasteiger partial charge in [-0.3, -0.25) is 4.79 Å². The Hall–Kier alpha value is -1.04. The molecule has 1 unspecified atom stereocenters. The molecule has 1 amide bonds. The van der Waals surface area contributed by atoms with Crippen LogP contribution in [-0.2, 0) is 4.79 Å². The van der Waals surface area contributed by atoms with Crippen LogP contribution < -0.4 is 11.1 Å². The first-order valence-corrected chi connectivity index (χ1v) is 8.15. The Labute approximate surface area is 125 Å². The summed E-state index contributed by atoms with van der Waals surface area (Å²) in [6.07, 6.45) is 1.93. The normalized spacial score (nSPS) is 12.1. The number of carbonyl (C=O) groups is 1. The minimum atomic E-state index is -0.0825. The van der Waals surface area contributed by atoms with Crippen LogP contribution in [0.2, 0.25) is 0 Å². The molecule has 0 aliphatic heterocycles. The van der Waals surface area contributed by atoms with Gasteiger partial charge in [0.25, 0.3) is 0 Å². The molecule has 0 bridgehead atoms. The third-order valence-electron chi connectivity index (χ3n) is 2.93. The Kier molecular flexibility index (Phi) is 9.11. The number of hydrogen-bond donors (Lipinski definition) is 3. The van der Waals surface area contributed by atoms with E-state index >= 15 is 0 Å². The first-order valence-electron chi connectivity index (χ1n) is 7.00. The largest absolute Gasteiger partial charge is 0.396 e. The molecule has 0 saturated heterocycles. The number of nitrogens with one attached hydrogen (secondary N) is 1. The minimum Gasteiger partial charge on any atom is -0.396 e. The van der Waals surface area contributed by atoms with Gasteiger partial charge in [-0.25, -0.2) is 0 Å². The van der Waals surface area contributed by atoms with Gasteiger partial charge in [0.2, 0.25) is 5.91 Å². The lowest BCUT2D eigenvalue weighted by Crippen LogP contribution is -2.26. The fourth-order valence-corrected chi connectivity index (χ4v) is 2.56. The van der Waals surface area contributed by atoms with Crippen molar-refractivity contribution in [2.24, 2.45) is 5.73 Å². The molecule has 1 aromatic carbocycles. The number of amides is 1. The minimum absolute atomic E-state index is 0.0548. The summed E-state index contributed by atoms with van der Waals surface area (Å²) in [5.74, 6) is 1.88. The molecule has 0 heterocycles. The zero-order valence-electron chi connectivity index (χ0n) is 11.8. The maximum atomic E-state index is 11.7. The third kappa shape index (κ3) is 7.53. The molecule has 5 heteroatoms. The molecular formula is C15H24N2O2S. The van der Waals surface area contributed by atoms with Gasteiger partial charge in [0, 0.05) is 31.4 Å². The fraction of sp³-hybridized carbons (Fsp3) is 0.533. The molecule has 0 fully saturated rings. The van der Waals surface area contributed by atoms with E-state index in [1.165, 1.54) is 0 Å². The van der Waals surface area contributed by atoms with E-state index in [1.807, 2.05) is 30.3 Å². The molecule has 20 heavy (non-hydrogen) atoms. The Morgan fingerprint density at radius 1 is 1.30 bits per heavy atom. The second-order valence-corrected chi connectivity index (χ2v) is 5.82. The van der Waals surface area contributed by atoms with Gasteiger partial charge < -0.3 is 16.2 Å². The number of rotatable bonds is 10. The van der Waals surface area contributed by atoms with E-state index in [-0.39, 0.29) is 18.6 Å². The fourth-order valence-electron chi connectivity index (χ4n) is 1.77. The van der Waals surface area contributed by atoms with E-state index < -0.39 is 0 Å². The van der Waals surface area contributed by atoms with Crippen LogP contribution in [0.5, 0.6) is 0 Å². The first kappa shape index (κ1) is 17.0. The lowest BCUT2D eigenvalue weighted by atomic mass is 10.0. The summed E-state index contributed by atoms with van der Waals surface area (Å²) < 4.78 is 0. The maximum absolute atomic E-state index is 11.7. The van der Waals surface area contributed by atoms with Crippen LogP contribution in [0.25, 0.3) is 0 Å². The van der Waals surface area contributed by atoms with Crippen molar-refractivity contribution in [3.05, 3.63) is 35.9 Å². The summed E-state index contributed by atoms with van der Waals surface area (Å²) in [5.41, 5.74) is 7.11. The highest BCUT2D eigenvalue weighted by Crippen LogP contribution is 2.14. The average Bonchev–Trinajstić information content (AvgIpc) is 2.49. The lowest BCUT2D eigenvalue weighted by molar-refractivity contribution is -0.121. The quantitative estimate of drug-likeness (QED) is 0.574. The Morgan fingerprint density at radius 3 is 2.75 bits per heavy atom. The standard InChI is InChI=1S/C15H24N2O2S/c16-14(13-5-2-1-3-6-13)7-8-15(19)17-9-12-20-11-4-10-18/h1-3,5-6,14,18H,4,7-12,16H2,(H,17,19). The van der Waals surface area contributed by atoms with Gasteiger partial charge in [-0.05, 0) is 24.2 Å². The molecule has 0 aliphatic rings. The molecule has 4 nitrogen and oxygen atoms in total. The van der Waals surface area contributed by atoms with E-state index in [4.69, 9.17) is 10.8 Å². The lowest BCUT2D eigenvalue weighted by Gasteiger charge is -2.11. The molecule has 0 aliphatic carbocycles. The zero-order valence-corrected chi connectivity index (χ0v) is 12.6. The summed E-state index contributed by atoms with van der Waals surface area (Å²) in [6, 6.07) is 9.76. The van der Waals surface area contributed by atoms with Crippen molar-refractivity contribution in [3.8, 4) is 0 Å². The van der Waals surface area contributed by atoms with Crippen molar-refractivity contribution in [3.63, 3.8) is 0 Å². The average molecular weight is 296 g/mol. The molecular weight excluding hydrogens is 272 g/mol. The number of carbonyl (C=O) groups excluding carboxylic acids is 1. The van der Waals surface area contributed by atoms with Gasteiger partial charge in [0.1, 0.15) is 0 Å². The monoisotopic (exact) mass is 296 g/mol. The number of nitrogens with two attached hydrogens (primary N) is 1. The molecule has 1 aromatic rings. The molecule has 112 valence electrons. The van der Waals surface area contributed by atoms with E-state index in [9.17, 15) is 4.79 Å². The molecule has 1 atom stereocenters. The maximum Gasteiger partial charge on any atom is 0.220 e. The van der Waals surface area contributed by atoms with Gasteiger partial charge in [-0.1, -0.05) is 30.3 Å². The molecule has 0 saturated carbocycles. The van der Waals surface area contributed by atoms with Gasteiger partial charge in [-0.2, -0.15) is 11.8 Å². The van der Waals surface area contributed by atoms with Crippen LogP contribution in [0.1, 0.15) is 30.9 Å². The number of aliphatic hydroxyl groups excluding tert-OH is 1. The number of thioether (sulfide) groups is 1. The summed E-state index contributed by atoms with van der Waals surface area (Å²) in [4.78, 5) is 11.7. The number of benzene rings is 1. The predicted octanol–water partition coefficient (Wildman–Crippen LogP) is 1.70. The summed E-state index contributed by atoms with van der Waals surface area (Å²) in [6.45, 7) is 0.909. The smallest absolute Gasteiger partial charge is 0.220 e. The van der Waals surface area contributed by atoms with Crippen LogP contribution in [0.4, 0.5) is 0 Å². The summed E-state index contributed by atoms with van der Waals surface area (Å²) in [5, 5.41) is 11.5. The summed E-state index contributed by atoms with van der Waals surface area (Å²) in [7, 11) is 0. The Balaban J connectivity index is 2.08. The predicted molar refractivity (Wildman–Crippen MR) is 84.6 cm³/mol. The second-order valence-electron chi connectivity index (χ2n) is 4.60. The van der Waals surface area contributed by atoms with E-state index in [2.05, 4.69) is 5.32 Å². The molecule has 1 rings (SSSR count). The van der Waals surface area contributed by atoms with Crippen molar-refractivity contribution in [2.75, 3.05) is 24.7 Å². The highest BCUT2D eigenvalue weighted by Gasteiger charge is 2.08. The van der Waals surface area contributed by atoms with Crippen LogP contribution in [-0.4, -0.2) is 35.7 Å². The molecule has 0 aromatic heterocycles. The van der Waals surface area contributed by atoms with Crippen LogP contribution >= 0.6 is 11.8 Å². The van der Waals surface area contributed by atoms with Gasteiger partial charge in [0.05, 0.1) is 0 Å². The van der Waals surface area contributed by atoms with E-state index in [1.54, 1.807) is 11.8 Å². The van der Waals surface area contributed by atoms with Gasteiger partial charge in [-0.15, -0.1) is 0 Å². The first-order chi connectivity index (χ1) is 9.74. The van der Waals surface area contributed by atoms with Crippen LogP contribution in [0.3, 0.4) is 0 Å². The SMILES string of the molecule is NC(CCC(=O)NCCSCCCO)c1ccccc1. The highest BCUT2D eigenvalue weighted by molar-refractivity contribution is 7.99. The molecule has 4 N–H and O–H groups in total. The Morgan fingerprint density at radius 2 is 2.05 bits per heavy atom. The number of hydrogen-bond acceptors (Lipinski definition) is 4.